The molecular weight excluding hydrogens is 262 g/mol. The van der Waals surface area contributed by atoms with E-state index in [2.05, 4.69) is 34.6 Å². The number of benzene rings is 1. The van der Waals surface area contributed by atoms with Gasteiger partial charge in [-0.2, -0.15) is 0 Å². The van der Waals surface area contributed by atoms with E-state index in [1.807, 2.05) is 12.1 Å². The van der Waals surface area contributed by atoms with Crippen molar-refractivity contribution in [3.8, 4) is 0 Å². The number of anilines is 1. The molecule has 2 aliphatic rings. The van der Waals surface area contributed by atoms with Crippen LogP contribution in [0.2, 0.25) is 0 Å². The fourth-order valence-electron chi connectivity index (χ4n) is 3.45. The van der Waals surface area contributed by atoms with E-state index in [9.17, 15) is 4.79 Å². The zero-order valence-corrected chi connectivity index (χ0v) is 12.8. The first-order valence-electron chi connectivity index (χ1n) is 8.09. The van der Waals surface area contributed by atoms with Gasteiger partial charge in [0.15, 0.2) is 0 Å². The third kappa shape index (κ3) is 3.38. The van der Waals surface area contributed by atoms with Crippen LogP contribution in [-0.4, -0.2) is 43.0 Å². The molecule has 1 aromatic carbocycles. The molecule has 0 bridgehead atoms. The van der Waals surface area contributed by atoms with Gasteiger partial charge in [-0.3, -0.25) is 4.79 Å². The number of nitrogens with one attached hydrogen (secondary N) is 2. The molecule has 0 spiro atoms. The van der Waals surface area contributed by atoms with Crippen molar-refractivity contribution < 1.29 is 4.79 Å². The summed E-state index contributed by atoms with van der Waals surface area (Å²) >= 11 is 0. The standard InChI is InChI=1S/C17H25N3O/c1-13-12-15(14-6-2-3-7-16(14)19-13)17(21)18-8-11-20-9-4-5-10-20/h2-3,6-7,13,15,19H,4-5,8-12H2,1H3,(H,18,21). The normalized spacial score (nSPS) is 25.2. The lowest BCUT2D eigenvalue weighted by atomic mass is 9.87. The van der Waals surface area contributed by atoms with Crippen molar-refractivity contribution in [2.75, 3.05) is 31.5 Å². The quantitative estimate of drug-likeness (QED) is 0.892. The van der Waals surface area contributed by atoms with E-state index in [4.69, 9.17) is 0 Å². The van der Waals surface area contributed by atoms with Gasteiger partial charge in [0.25, 0.3) is 0 Å². The maximum absolute atomic E-state index is 12.5. The number of carbonyl (C=O) groups is 1. The Labute approximate surface area is 126 Å². The Morgan fingerprint density at radius 3 is 2.90 bits per heavy atom. The SMILES string of the molecule is CC1CC(C(=O)NCCN2CCCC2)c2ccccc2N1. The molecule has 21 heavy (non-hydrogen) atoms. The van der Waals surface area contributed by atoms with Crippen molar-refractivity contribution in [2.24, 2.45) is 0 Å². The molecule has 2 heterocycles. The minimum absolute atomic E-state index is 0.0176. The Hall–Kier alpha value is -1.55. The Balaban J connectivity index is 1.59. The predicted octanol–water partition coefficient (Wildman–Crippen LogP) is 2.19. The largest absolute Gasteiger partial charge is 0.382 e. The average molecular weight is 287 g/mol. The van der Waals surface area contributed by atoms with Crippen LogP contribution in [-0.2, 0) is 4.79 Å². The first kappa shape index (κ1) is 14.4. The molecule has 1 saturated heterocycles. The topological polar surface area (TPSA) is 44.4 Å². The maximum Gasteiger partial charge on any atom is 0.227 e. The van der Waals surface area contributed by atoms with Gasteiger partial charge in [0.05, 0.1) is 5.92 Å². The van der Waals surface area contributed by atoms with Crippen molar-refractivity contribution in [1.29, 1.82) is 0 Å². The van der Waals surface area contributed by atoms with E-state index in [1.54, 1.807) is 0 Å². The number of nitrogens with zero attached hydrogens (tertiary/aromatic N) is 1. The van der Waals surface area contributed by atoms with Gasteiger partial charge in [-0.15, -0.1) is 0 Å². The Morgan fingerprint density at radius 2 is 2.10 bits per heavy atom. The van der Waals surface area contributed by atoms with Crippen LogP contribution in [0.3, 0.4) is 0 Å². The van der Waals surface area contributed by atoms with Crippen LogP contribution in [0, 0.1) is 0 Å². The Bertz CT molecular complexity index is 497. The molecule has 1 amide bonds. The van der Waals surface area contributed by atoms with Crippen LogP contribution in [0.25, 0.3) is 0 Å². The summed E-state index contributed by atoms with van der Waals surface area (Å²) in [4.78, 5) is 15.0. The van der Waals surface area contributed by atoms with Crippen LogP contribution >= 0.6 is 0 Å². The van der Waals surface area contributed by atoms with Crippen molar-refractivity contribution in [3.63, 3.8) is 0 Å². The first-order chi connectivity index (χ1) is 10.2. The van der Waals surface area contributed by atoms with Gasteiger partial charge < -0.3 is 15.5 Å². The second-order valence-corrected chi connectivity index (χ2v) is 6.26. The van der Waals surface area contributed by atoms with Crippen LogP contribution in [0.15, 0.2) is 24.3 Å². The number of carbonyl (C=O) groups excluding carboxylic acids is 1. The lowest BCUT2D eigenvalue weighted by molar-refractivity contribution is -0.122. The smallest absolute Gasteiger partial charge is 0.227 e. The minimum atomic E-state index is -0.0176. The number of hydrogen-bond donors (Lipinski definition) is 2. The summed E-state index contributed by atoms with van der Waals surface area (Å²) in [6.07, 6.45) is 3.47. The predicted molar refractivity (Wildman–Crippen MR) is 85.6 cm³/mol. The minimum Gasteiger partial charge on any atom is -0.382 e. The van der Waals surface area contributed by atoms with Crippen LogP contribution in [0.1, 0.15) is 37.7 Å². The Morgan fingerprint density at radius 1 is 1.33 bits per heavy atom. The monoisotopic (exact) mass is 287 g/mol. The summed E-state index contributed by atoms with van der Waals surface area (Å²) in [7, 11) is 0. The second kappa shape index (κ2) is 6.48. The van der Waals surface area contributed by atoms with Crippen LogP contribution < -0.4 is 10.6 Å². The van der Waals surface area contributed by atoms with Crippen molar-refractivity contribution in [1.82, 2.24) is 10.2 Å². The summed E-state index contributed by atoms with van der Waals surface area (Å²) in [5, 5.41) is 6.59. The lowest BCUT2D eigenvalue weighted by Crippen LogP contribution is -2.39. The zero-order valence-electron chi connectivity index (χ0n) is 12.8. The number of likely N-dealkylation sites (tertiary alicyclic amines) is 1. The summed E-state index contributed by atoms with van der Waals surface area (Å²) in [6.45, 7) is 6.25. The van der Waals surface area contributed by atoms with Gasteiger partial charge in [0.2, 0.25) is 5.91 Å². The van der Waals surface area contributed by atoms with Gasteiger partial charge in [0.1, 0.15) is 0 Å². The van der Waals surface area contributed by atoms with E-state index < -0.39 is 0 Å². The molecular formula is C17H25N3O. The Kier molecular flexibility index (Phi) is 4.44. The lowest BCUT2D eigenvalue weighted by Gasteiger charge is -2.30. The summed E-state index contributed by atoms with van der Waals surface area (Å²) in [5.74, 6) is 0.158. The molecule has 0 aliphatic carbocycles. The number of fused-ring (bicyclic) bond motifs is 1. The molecule has 1 aromatic rings. The molecule has 2 atom stereocenters. The molecule has 0 aromatic heterocycles. The molecule has 4 heteroatoms. The fourth-order valence-corrected chi connectivity index (χ4v) is 3.45. The van der Waals surface area contributed by atoms with E-state index in [0.29, 0.717) is 6.04 Å². The third-order valence-electron chi connectivity index (χ3n) is 4.57. The fraction of sp³-hybridized carbons (Fsp3) is 0.588. The highest BCUT2D eigenvalue weighted by atomic mass is 16.1. The summed E-state index contributed by atoms with van der Waals surface area (Å²) < 4.78 is 0. The maximum atomic E-state index is 12.5. The molecule has 2 unspecified atom stereocenters. The van der Waals surface area contributed by atoms with Crippen molar-refractivity contribution in [2.45, 2.75) is 38.1 Å². The zero-order chi connectivity index (χ0) is 14.7. The summed E-state index contributed by atoms with van der Waals surface area (Å²) in [5.41, 5.74) is 2.24. The number of para-hydroxylation sites is 1. The third-order valence-corrected chi connectivity index (χ3v) is 4.57. The van der Waals surface area contributed by atoms with Gasteiger partial charge in [0, 0.05) is 24.8 Å². The van der Waals surface area contributed by atoms with Gasteiger partial charge in [-0.05, 0) is 50.9 Å². The molecule has 0 saturated carbocycles. The highest BCUT2D eigenvalue weighted by Crippen LogP contribution is 2.33. The molecule has 0 radical (unpaired) electrons. The first-order valence-corrected chi connectivity index (χ1v) is 8.09. The molecule has 2 aliphatic heterocycles. The average Bonchev–Trinajstić information content (AvgIpc) is 2.99. The van der Waals surface area contributed by atoms with Gasteiger partial charge in [-0.25, -0.2) is 0 Å². The highest BCUT2D eigenvalue weighted by molar-refractivity contribution is 5.86. The van der Waals surface area contributed by atoms with E-state index >= 15 is 0 Å². The molecule has 4 nitrogen and oxygen atoms in total. The summed E-state index contributed by atoms with van der Waals surface area (Å²) in [6, 6.07) is 8.51. The van der Waals surface area contributed by atoms with Crippen LogP contribution in [0.5, 0.6) is 0 Å². The van der Waals surface area contributed by atoms with Crippen molar-refractivity contribution in [3.05, 3.63) is 29.8 Å². The van der Waals surface area contributed by atoms with Gasteiger partial charge in [-0.1, -0.05) is 18.2 Å². The van der Waals surface area contributed by atoms with Crippen molar-refractivity contribution >= 4 is 11.6 Å². The number of amides is 1. The second-order valence-electron chi connectivity index (χ2n) is 6.26. The number of rotatable bonds is 4. The van der Waals surface area contributed by atoms with Crippen LogP contribution in [0.4, 0.5) is 5.69 Å². The van der Waals surface area contributed by atoms with E-state index in [1.165, 1.54) is 25.9 Å². The molecule has 3 rings (SSSR count). The van der Waals surface area contributed by atoms with E-state index in [0.717, 1.165) is 30.8 Å². The van der Waals surface area contributed by atoms with Gasteiger partial charge >= 0.3 is 0 Å². The molecule has 114 valence electrons. The number of hydrogen-bond acceptors (Lipinski definition) is 3. The molecule has 2 N–H and O–H groups in total. The molecule has 1 fully saturated rings. The van der Waals surface area contributed by atoms with E-state index in [-0.39, 0.29) is 11.8 Å². The highest BCUT2D eigenvalue weighted by Gasteiger charge is 2.29.